The highest BCUT2D eigenvalue weighted by Gasteiger charge is 2.28. The molecule has 0 aromatic heterocycles. The second kappa shape index (κ2) is 4.88. The van der Waals surface area contributed by atoms with Gasteiger partial charge in [0, 0.05) is 18.0 Å². The van der Waals surface area contributed by atoms with Crippen LogP contribution in [0.2, 0.25) is 0 Å². The number of carbonyl (C=O) groups excluding carboxylic acids is 1. The maximum atomic E-state index is 12.1. The lowest BCUT2D eigenvalue weighted by Gasteiger charge is -2.27. The molecule has 1 amide bonds. The number of hydrogen-bond donors (Lipinski definition) is 2. The van der Waals surface area contributed by atoms with Crippen LogP contribution in [0.3, 0.4) is 0 Å². The summed E-state index contributed by atoms with van der Waals surface area (Å²) in [5, 5.41) is 14.8. The molecule has 1 aliphatic rings. The van der Waals surface area contributed by atoms with Crippen LogP contribution < -0.4 is 5.32 Å². The van der Waals surface area contributed by atoms with Gasteiger partial charge in [-0.25, -0.2) is 0 Å². The molecule has 22 heavy (non-hydrogen) atoms. The van der Waals surface area contributed by atoms with E-state index in [1.54, 1.807) is 12.1 Å². The normalized spacial score (nSPS) is 17.1. The zero-order valence-electron chi connectivity index (χ0n) is 11.9. The van der Waals surface area contributed by atoms with Crippen molar-refractivity contribution < 1.29 is 9.90 Å². The zero-order chi connectivity index (χ0) is 15.1. The summed E-state index contributed by atoms with van der Waals surface area (Å²) in [7, 11) is 0. The molecule has 0 saturated heterocycles. The highest BCUT2D eigenvalue weighted by atomic mass is 16.3. The van der Waals surface area contributed by atoms with Crippen LogP contribution in [0.5, 0.6) is 5.75 Å². The lowest BCUT2D eigenvalue weighted by Crippen LogP contribution is -2.23. The number of rotatable bonds is 1. The third-order valence-electron chi connectivity index (χ3n) is 4.28. The molecular formula is C19H15NO2. The predicted molar refractivity (Wildman–Crippen MR) is 87.1 cm³/mol. The molecule has 4 rings (SSSR count). The van der Waals surface area contributed by atoms with Gasteiger partial charge in [-0.15, -0.1) is 0 Å². The first-order valence-electron chi connectivity index (χ1n) is 7.33. The Bertz CT molecular complexity index is 868. The molecule has 3 aromatic rings. The molecule has 0 fully saturated rings. The minimum absolute atomic E-state index is 0.00968. The SMILES string of the molecule is O=C1C[C@@H](c2ccc(O)cc2)c2c(ccc3ccccc23)N1. The third-order valence-corrected chi connectivity index (χ3v) is 4.28. The van der Waals surface area contributed by atoms with Crippen molar-refractivity contribution in [2.45, 2.75) is 12.3 Å². The number of phenolic OH excluding ortho intramolecular Hbond substituents is 1. The van der Waals surface area contributed by atoms with Gasteiger partial charge in [-0.2, -0.15) is 0 Å². The number of anilines is 1. The first kappa shape index (κ1) is 12.9. The van der Waals surface area contributed by atoms with Gasteiger partial charge in [0.25, 0.3) is 0 Å². The van der Waals surface area contributed by atoms with Gasteiger partial charge in [0.05, 0.1) is 0 Å². The number of hydrogen-bond acceptors (Lipinski definition) is 2. The smallest absolute Gasteiger partial charge is 0.225 e. The number of benzene rings is 3. The molecule has 3 heteroatoms. The molecule has 0 bridgehead atoms. The van der Waals surface area contributed by atoms with Crippen molar-refractivity contribution in [2.75, 3.05) is 5.32 Å². The first-order valence-corrected chi connectivity index (χ1v) is 7.33. The topological polar surface area (TPSA) is 49.3 Å². The van der Waals surface area contributed by atoms with Crippen molar-refractivity contribution in [3.63, 3.8) is 0 Å². The van der Waals surface area contributed by atoms with Crippen LogP contribution in [0.4, 0.5) is 5.69 Å². The predicted octanol–water partition coefficient (Wildman–Crippen LogP) is 4.02. The lowest BCUT2D eigenvalue weighted by molar-refractivity contribution is -0.116. The van der Waals surface area contributed by atoms with E-state index in [1.165, 1.54) is 5.39 Å². The third kappa shape index (κ3) is 2.02. The van der Waals surface area contributed by atoms with Crippen molar-refractivity contribution >= 4 is 22.4 Å². The molecule has 0 spiro atoms. The van der Waals surface area contributed by atoms with Crippen LogP contribution in [0.1, 0.15) is 23.5 Å². The van der Waals surface area contributed by atoms with Crippen molar-refractivity contribution in [3.05, 3.63) is 71.8 Å². The Labute approximate surface area is 128 Å². The summed E-state index contributed by atoms with van der Waals surface area (Å²) >= 11 is 0. The largest absolute Gasteiger partial charge is 0.508 e. The number of carbonyl (C=O) groups is 1. The van der Waals surface area contributed by atoms with Crippen molar-refractivity contribution in [2.24, 2.45) is 0 Å². The lowest BCUT2D eigenvalue weighted by atomic mass is 9.82. The summed E-state index contributed by atoms with van der Waals surface area (Å²) < 4.78 is 0. The van der Waals surface area contributed by atoms with Gasteiger partial charge in [-0.3, -0.25) is 4.79 Å². The summed E-state index contributed by atoms with van der Waals surface area (Å²) in [4.78, 5) is 12.1. The van der Waals surface area contributed by atoms with Crippen LogP contribution in [-0.2, 0) is 4.79 Å². The van der Waals surface area contributed by atoms with Gasteiger partial charge < -0.3 is 10.4 Å². The highest BCUT2D eigenvalue weighted by Crippen LogP contribution is 2.41. The Morgan fingerprint density at radius 3 is 2.55 bits per heavy atom. The van der Waals surface area contributed by atoms with Gasteiger partial charge in [0.2, 0.25) is 5.91 Å². The molecule has 3 aromatic carbocycles. The van der Waals surface area contributed by atoms with E-state index in [4.69, 9.17) is 0 Å². The summed E-state index contributed by atoms with van der Waals surface area (Å²) in [6, 6.07) is 19.4. The van der Waals surface area contributed by atoms with Crippen molar-refractivity contribution in [1.82, 2.24) is 0 Å². The van der Waals surface area contributed by atoms with Crippen LogP contribution in [0.15, 0.2) is 60.7 Å². The monoisotopic (exact) mass is 289 g/mol. The number of aromatic hydroxyl groups is 1. The Morgan fingerprint density at radius 1 is 0.955 bits per heavy atom. The van der Waals surface area contributed by atoms with E-state index >= 15 is 0 Å². The number of phenols is 1. The van der Waals surface area contributed by atoms with E-state index in [0.717, 1.165) is 22.2 Å². The molecule has 3 nitrogen and oxygen atoms in total. The molecule has 108 valence electrons. The fourth-order valence-electron chi connectivity index (χ4n) is 3.26. The first-order chi connectivity index (χ1) is 10.7. The molecule has 2 N–H and O–H groups in total. The van der Waals surface area contributed by atoms with E-state index < -0.39 is 0 Å². The van der Waals surface area contributed by atoms with E-state index in [9.17, 15) is 9.90 Å². The Hall–Kier alpha value is -2.81. The van der Waals surface area contributed by atoms with Gasteiger partial charge in [-0.05, 0) is 40.1 Å². The molecular weight excluding hydrogens is 274 g/mol. The van der Waals surface area contributed by atoms with Gasteiger partial charge >= 0.3 is 0 Å². The highest BCUT2D eigenvalue weighted by molar-refractivity contribution is 6.01. The number of fused-ring (bicyclic) bond motifs is 3. The number of amides is 1. The van der Waals surface area contributed by atoms with E-state index in [-0.39, 0.29) is 17.6 Å². The fraction of sp³-hybridized carbons (Fsp3) is 0.105. The minimum atomic E-state index is 0.00968. The maximum Gasteiger partial charge on any atom is 0.225 e. The standard InChI is InChI=1S/C19H15NO2/c21-14-8-5-13(6-9-14)16-11-18(22)20-17-10-7-12-3-1-2-4-15(12)19(16)17/h1-10,16,21H,11H2,(H,20,22)/t16-/m0/s1. The van der Waals surface area contributed by atoms with Crippen molar-refractivity contribution in [3.8, 4) is 5.75 Å². The Kier molecular flexibility index (Phi) is 2.86. The summed E-state index contributed by atoms with van der Waals surface area (Å²) in [6.07, 6.45) is 0.422. The molecule has 0 radical (unpaired) electrons. The second-order valence-corrected chi connectivity index (χ2v) is 5.64. The summed E-state index contributed by atoms with van der Waals surface area (Å²) in [5.74, 6) is 0.276. The minimum Gasteiger partial charge on any atom is -0.508 e. The van der Waals surface area contributed by atoms with Gasteiger partial charge in [0.15, 0.2) is 0 Å². The van der Waals surface area contributed by atoms with E-state index in [2.05, 4.69) is 17.4 Å². The quantitative estimate of drug-likeness (QED) is 0.711. The van der Waals surface area contributed by atoms with E-state index in [1.807, 2.05) is 36.4 Å². The number of nitrogens with one attached hydrogen (secondary N) is 1. The average molecular weight is 289 g/mol. The molecule has 0 unspecified atom stereocenters. The van der Waals surface area contributed by atoms with Crippen molar-refractivity contribution in [1.29, 1.82) is 0 Å². The maximum absolute atomic E-state index is 12.1. The second-order valence-electron chi connectivity index (χ2n) is 5.64. The van der Waals surface area contributed by atoms with Crippen LogP contribution in [0, 0.1) is 0 Å². The Balaban J connectivity index is 1.97. The van der Waals surface area contributed by atoms with Gasteiger partial charge in [0.1, 0.15) is 5.75 Å². The summed E-state index contributed by atoms with van der Waals surface area (Å²) in [5.41, 5.74) is 3.08. The van der Waals surface area contributed by atoms with Crippen LogP contribution in [0.25, 0.3) is 10.8 Å². The summed E-state index contributed by atoms with van der Waals surface area (Å²) in [6.45, 7) is 0. The average Bonchev–Trinajstić information content (AvgIpc) is 2.54. The fourth-order valence-corrected chi connectivity index (χ4v) is 3.26. The van der Waals surface area contributed by atoms with Gasteiger partial charge in [-0.1, -0.05) is 42.5 Å². The molecule has 1 atom stereocenters. The van der Waals surface area contributed by atoms with Crippen LogP contribution >= 0.6 is 0 Å². The molecule has 0 aliphatic carbocycles. The molecule has 0 saturated carbocycles. The van der Waals surface area contributed by atoms with Crippen LogP contribution in [-0.4, -0.2) is 11.0 Å². The van der Waals surface area contributed by atoms with E-state index in [0.29, 0.717) is 6.42 Å². The molecule has 1 heterocycles. The zero-order valence-corrected chi connectivity index (χ0v) is 11.9. The molecule has 1 aliphatic heterocycles. The Morgan fingerprint density at radius 2 is 1.73 bits per heavy atom.